The highest BCUT2D eigenvalue weighted by atomic mass is 15.6. The number of hydrazine groups is 1. The van der Waals surface area contributed by atoms with E-state index < -0.39 is 0 Å². The summed E-state index contributed by atoms with van der Waals surface area (Å²) in [6.07, 6.45) is 1.71. The largest absolute Gasteiger partial charge is 0.313 e. The highest BCUT2D eigenvalue weighted by Gasteiger charge is 2.31. The number of rotatable bonds is 0. The van der Waals surface area contributed by atoms with Gasteiger partial charge in [0.1, 0.15) is 6.17 Å². The molecule has 2 saturated heterocycles. The Morgan fingerprint density at radius 2 is 2.50 bits per heavy atom. The monoisotopic (exact) mass is 141 g/mol. The third kappa shape index (κ3) is 0.932. The molecule has 2 heterocycles. The van der Waals surface area contributed by atoms with Crippen LogP contribution in [0, 0.1) is 6.17 Å². The van der Waals surface area contributed by atoms with Gasteiger partial charge in [0.15, 0.2) is 0 Å². The van der Waals surface area contributed by atoms with Crippen LogP contribution in [-0.4, -0.2) is 30.7 Å². The van der Waals surface area contributed by atoms with Crippen LogP contribution in [0.15, 0.2) is 0 Å². The van der Waals surface area contributed by atoms with Gasteiger partial charge in [-0.3, -0.25) is 4.90 Å². The lowest BCUT2D eigenvalue weighted by molar-refractivity contribution is 0.204. The smallest absolute Gasteiger partial charge is 0.116 e. The van der Waals surface area contributed by atoms with Gasteiger partial charge < -0.3 is 5.32 Å². The molecule has 10 heavy (non-hydrogen) atoms. The van der Waals surface area contributed by atoms with Crippen molar-refractivity contribution < 1.29 is 0 Å². The van der Waals surface area contributed by atoms with E-state index in [1.807, 2.05) is 0 Å². The van der Waals surface area contributed by atoms with E-state index in [9.17, 15) is 0 Å². The Kier molecular flexibility index (Phi) is 1.61. The van der Waals surface area contributed by atoms with E-state index >= 15 is 0 Å². The Balaban J connectivity index is 2.01. The zero-order valence-electron chi connectivity index (χ0n) is 6.15. The summed E-state index contributed by atoms with van der Waals surface area (Å²) in [4.78, 5) is 2.34. The minimum atomic E-state index is 0.466. The summed E-state index contributed by atoms with van der Waals surface area (Å²) in [6.45, 7) is 5.33. The first-order chi connectivity index (χ1) is 4.88. The molecule has 1 unspecified atom stereocenters. The average Bonchev–Trinajstić information content (AvgIpc) is 2.34. The van der Waals surface area contributed by atoms with Gasteiger partial charge in [-0.25, -0.2) is 10.9 Å². The maximum absolute atomic E-state index is 3.32. The number of fused-ring (bicyclic) bond motifs is 1. The van der Waals surface area contributed by atoms with Crippen molar-refractivity contribution in [3.05, 3.63) is 6.17 Å². The van der Waals surface area contributed by atoms with E-state index in [0.29, 0.717) is 6.17 Å². The fraction of sp³-hybridized carbons (Fsp3) is 0.833. The van der Waals surface area contributed by atoms with Gasteiger partial charge in [-0.05, 0) is 6.92 Å². The zero-order chi connectivity index (χ0) is 6.97. The van der Waals surface area contributed by atoms with E-state index in [4.69, 9.17) is 0 Å². The van der Waals surface area contributed by atoms with E-state index in [-0.39, 0.29) is 0 Å². The summed E-state index contributed by atoms with van der Waals surface area (Å²) in [5.41, 5.74) is 6.30. The highest BCUT2D eigenvalue weighted by molar-refractivity contribution is 4.94. The Morgan fingerprint density at radius 1 is 1.60 bits per heavy atom. The molecule has 0 aromatic rings. The van der Waals surface area contributed by atoms with Crippen molar-refractivity contribution in [1.82, 2.24) is 21.1 Å². The van der Waals surface area contributed by atoms with Crippen LogP contribution in [0.25, 0.3) is 0 Å². The zero-order valence-corrected chi connectivity index (χ0v) is 6.15. The Labute approximate surface area is 60.9 Å². The molecular formula is C6H13N4. The van der Waals surface area contributed by atoms with Crippen LogP contribution in [0.5, 0.6) is 0 Å². The number of hydrogen-bond acceptors (Lipinski definition) is 4. The summed E-state index contributed by atoms with van der Waals surface area (Å²) in [7, 11) is 0. The number of nitrogens with one attached hydrogen (secondary N) is 3. The molecule has 0 aliphatic carbocycles. The number of piperazine rings is 1. The van der Waals surface area contributed by atoms with Gasteiger partial charge in [0.05, 0.1) is 6.17 Å². The Bertz CT molecular complexity index is 125. The van der Waals surface area contributed by atoms with Crippen molar-refractivity contribution in [2.75, 3.05) is 19.6 Å². The molecule has 4 heteroatoms. The molecule has 1 radical (unpaired) electrons. The van der Waals surface area contributed by atoms with Gasteiger partial charge >= 0.3 is 0 Å². The fourth-order valence-electron chi connectivity index (χ4n) is 1.49. The number of nitrogens with zero attached hydrogens (tertiary/aromatic N) is 1. The van der Waals surface area contributed by atoms with Crippen LogP contribution in [0.2, 0.25) is 0 Å². The second-order valence-corrected chi connectivity index (χ2v) is 2.77. The summed E-state index contributed by atoms with van der Waals surface area (Å²) in [6, 6.07) is 0. The molecule has 3 N–H and O–H groups in total. The van der Waals surface area contributed by atoms with Gasteiger partial charge in [0.25, 0.3) is 0 Å². The van der Waals surface area contributed by atoms with Crippen LogP contribution in [0.1, 0.15) is 6.92 Å². The van der Waals surface area contributed by atoms with Gasteiger partial charge in [-0.15, -0.1) is 0 Å². The van der Waals surface area contributed by atoms with E-state index in [0.717, 1.165) is 19.6 Å². The van der Waals surface area contributed by atoms with Gasteiger partial charge in [-0.1, -0.05) is 0 Å². The topological polar surface area (TPSA) is 39.3 Å². The number of hydrogen-bond donors (Lipinski definition) is 3. The van der Waals surface area contributed by atoms with Crippen molar-refractivity contribution in [3.8, 4) is 0 Å². The first-order valence-electron chi connectivity index (χ1n) is 3.70. The predicted octanol–water partition coefficient (Wildman–Crippen LogP) is -1.17. The van der Waals surface area contributed by atoms with Crippen LogP contribution in [-0.2, 0) is 0 Å². The van der Waals surface area contributed by atoms with Crippen molar-refractivity contribution >= 4 is 0 Å². The van der Waals surface area contributed by atoms with E-state index in [1.165, 1.54) is 6.17 Å². The lowest BCUT2D eigenvalue weighted by Crippen LogP contribution is -2.52. The molecular weight excluding hydrogens is 128 g/mol. The Hall–Kier alpha value is -0.160. The van der Waals surface area contributed by atoms with Gasteiger partial charge in [0.2, 0.25) is 0 Å². The maximum Gasteiger partial charge on any atom is 0.116 e. The first-order valence-corrected chi connectivity index (χ1v) is 3.70. The molecule has 1 atom stereocenters. The highest BCUT2D eigenvalue weighted by Crippen LogP contribution is 2.13. The van der Waals surface area contributed by atoms with E-state index in [2.05, 4.69) is 28.0 Å². The first kappa shape index (κ1) is 6.54. The molecule has 0 amide bonds. The summed E-state index contributed by atoms with van der Waals surface area (Å²) >= 11 is 0. The van der Waals surface area contributed by atoms with Gasteiger partial charge in [-0.2, -0.15) is 0 Å². The molecule has 0 bridgehead atoms. The molecule has 2 aliphatic rings. The Morgan fingerprint density at radius 3 is 3.30 bits per heavy atom. The maximum atomic E-state index is 3.32. The summed E-state index contributed by atoms with van der Waals surface area (Å²) in [5.74, 6) is 0. The minimum absolute atomic E-state index is 0.466. The van der Waals surface area contributed by atoms with Crippen molar-refractivity contribution in [3.63, 3.8) is 0 Å². The second kappa shape index (κ2) is 2.47. The molecule has 2 aliphatic heterocycles. The van der Waals surface area contributed by atoms with E-state index in [1.54, 1.807) is 0 Å². The van der Waals surface area contributed by atoms with Crippen LogP contribution >= 0.6 is 0 Å². The van der Waals surface area contributed by atoms with Crippen LogP contribution in [0.3, 0.4) is 0 Å². The molecule has 2 fully saturated rings. The van der Waals surface area contributed by atoms with Crippen LogP contribution in [0.4, 0.5) is 0 Å². The van der Waals surface area contributed by atoms with Crippen molar-refractivity contribution in [2.45, 2.75) is 13.1 Å². The quantitative estimate of drug-likeness (QED) is 0.398. The molecule has 57 valence electrons. The fourth-order valence-corrected chi connectivity index (χ4v) is 1.49. The molecule has 0 saturated carbocycles. The predicted molar refractivity (Wildman–Crippen MR) is 38.6 cm³/mol. The second-order valence-electron chi connectivity index (χ2n) is 2.77. The third-order valence-corrected chi connectivity index (χ3v) is 2.09. The minimum Gasteiger partial charge on any atom is -0.313 e. The molecule has 2 rings (SSSR count). The summed E-state index contributed by atoms with van der Waals surface area (Å²) < 4.78 is 0. The standard InChI is InChI=1S/C6H13N4/c1-5-8-9-6-4-7-2-3-10(5)6/h6-9H,2-4H2,1H3. The van der Waals surface area contributed by atoms with Crippen molar-refractivity contribution in [1.29, 1.82) is 0 Å². The summed E-state index contributed by atoms with van der Waals surface area (Å²) in [5, 5.41) is 3.32. The molecule has 4 nitrogen and oxygen atoms in total. The van der Waals surface area contributed by atoms with Crippen LogP contribution < -0.4 is 16.2 Å². The third-order valence-electron chi connectivity index (χ3n) is 2.09. The lowest BCUT2D eigenvalue weighted by atomic mass is 10.3. The molecule has 0 aromatic heterocycles. The average molecular weight is 141 g/mol. The van der Waals surface area contributed by atoms with Crippen molar-refractivity contribution in [2.24, 2.45) is 0 Å². The molecule has 0 spiro atoms. The normalized spacial score (nSPS) is 36.3. The SMILES string of the molecule is C[C]1NNC2CNCCN12. The van der Waals surface area contributed by atoms with Gasteiger partial charge in [0, 0.05) is 19.6 Å². The lowest BCUT2D eigenvalue weighted by Gasteiger charge is -2.30. The molecule has 0 aromatic carbocycles.